The summed E-state index contributed by atoms with van der Waals surface area (Å²) < 4.78 is 23.1. The number of methoxy groups -OCH3 is 3. The summed E-state index contributed by atoms with van der Waals surface area (Å²) in [7, 11) is 4.59. The number of rotatable bonds is 12. The first-order valence-corrected chi connectivity index (χ1v) is 15.5. The van der Waals surface area contributed by atoms with Gasteiger partial charge in [-0.2, -0.15) is 0 Å². The number of amides is 1. The molecule has 1 amide bonds. The summed E-state index contributed by atoms with van der Waals surface area (Å²) in [6, 6.07) is 17.4. The van der Waals surface area contributed by atoms with Crippen molar-refractivity contribution < 1.29 is 33.4 Å². The van der Waals surface area contributed by atoms with Gasteiger partial charge in [-0.15, -0.1) is 5.10 Å². The van der Waals surface area contributed by atoms with Gasteiger partial charge in [0.1, 0.15) is 17.9 Å². The molecule has 0 fully saturated rings. The molecule has 0 saturated carbocycles. The van der Waals surface area contributed by atoms with Crippen LogP contribution in [-0.2, 0) is 11.3 Å². The Kier molecular flexibility index (Phi) is 8.86. The fraction of sp³-hybridized carbons (Fsp3) is 0.118. The van der Waals surface area contributed by atoms with Gasteiger partial charge in [-0.05, 0) is 35.9 Å². The van der Waals surface area contributed by atoms with Gasteiger partial charge in [0.2, 0.25) is 17.4 Å². The van der Waals surface area contributed by atoms with Crippen LogP contribution >= 0.6 is 0 Å². The van der Waals surface area contributed by atoms with Gasteiger partial charge in [0.05, 0.1) is 49.0 Å². The number of nitrogens with zero attached hydrogens (tertiary/aromatic N) is 8. The second-order valence-electron chi connectivity index (χ2n) is 11.4. The maximum absolute atomic E-state index is 12.8. The molecule has 0 radical (unpaired) electrons. The van der Waals surface area contributed by atoms with E-state index in [0.717, 1.165) is 29.3 Å². The molecule has 19 heteroatoms. The fourth-order valence-corrected chi connectivity index (χ4v) is 5.48. The molecule has 0 aliphatic rings. The summed E-state index contributed by atoms with van der Waals surface area (Å²) in [5, 5.41) is 37.3. The predicted octanol–water partition coefficient (Wildman–Crippen LogP) is 5.69. The van der Waals surface area contributed by atoms with E-state index in [4.69, 9.17) is 18.7 Å². The average Bonchev–Trinajstić information content (AvgIpc) is 3.94. The smallest absolute Gasteiger partial charge is 0.276 e. The molecule has 7 rings (SSSR count). The number of nitrogens with one attached hydrogen (secondary N) is 2. The van der Waals surface area contributed by atoms with Crippen molar-refractivity contribution in [3.05, 3.63) is 99.4 Å². The molecule has 0 bridgehead atoms. The lowest BCUT2D eigenvalue weighted by Crippen LogP contribution is -2.19. The Morgan fingerprint density at radius 2 is 1.53 bits per heavy atom. The van der Waals surface area contributed by atoms with Crippen molar-refractivity contribution in [3.8, 4) is 62.5 Å². The highest BCUT2D eigenvalue weighted by atomic mass is 16.6. The van der Waals surface area contributed by atoms with Gasteiger partial charge in [0.15, 0.2) is 23.0 Å². The summed E-state index contributed by atoms with van der Waals surface area (Å²) >= 11 is 0. The molecule has 4 aromatic heterocycles. The molecule has 0 aliphatic carbocycles. The van der Waals surface area contributed by atoms with E-state index in [2.05, 4.69) is 35.7 Å². The molecule has 0 atom stereocenters. The van der Waals surface area contributed by atoms with Crippen LogP contribution < -0.4 is 19.5 Å². The van der Waals surface area contributed by atoms with E-state index < -0.39 is 27.1 Å². The number of H-pyrrole nitrogens is 1. The highest BCUT2D eigenvalue weighted by Crippen LogP contribution is 2.41. The summed E-state index contributed by atoms with van der Waals surface area (Å²) in [5.74, 6) is 1.81. The monoisotopic (exact) mass is 718 g/mol. The number of aromatic amines is 1. The van der Waals surface area contributed by atoms with Crippen molar-refractivity contribution in [2.75, 3.05) is 26.6 Å². The average molecular weight is 719 g/mol. The fourth-order valence-electron chi connectivity index (χ4n) is 5.48. The van der Waals surface area contributed by atoms with Crippen LogP contribution in [0.2, 0.25) is 0 Å². The molecule has 19 nitrogen and oxygen atoms in total. The van der Waals surface area contributed by atoms with E-state index in [1.54, 1.807) is 36.5 Å². The Hall–Kier alpha value is -7.70. The number of anilines is 1. The van der Waals surface area contributed by atoms with Gasteiger partial charge in [-0.25, -0.2) is 14.6 Å². The van der Waals surface area contributed by atoms with Crippen molar-refractivity contribution in [1.82, 2.24) is 35.1 Å². The van der Waals surface area contributed by atoms with Crippen LogP contribution in [0.4, 0.5) is 17.1 Å². The minimum Gasteiger partial charge on any atom is -0.493 e. The Morgan fingerprint density at radius 3 is 2.17 bits per heavy atom. The molecule has 0 aliphatic heterocycles. The highest BCUT2D eigenvalue weighted by molar-refractivity contribution is 5.91. The molecular weight excluding hydrogens is 692 g/mol. The summed E-state index contributed by atoms with van der Waals surface area (Å²) in [6.07, 6.45) is 3.05. The number of aromatic nitrogens is 7. The first-order chi connectivity index (χ1) is 25.6. The van der Waals surface area contributed by atoms with Crippen molar-refractivity contribution in [2.24, 2.45) is 0 Å². The summed E-state index contributed by atoms with van der Waals surface area (Å²) in [4.78, 5) is 46.1. The molecule has 0 saturated heterocycles. The molecule has 0 spiro atoms. The number of nitro benzene ring substituents is 2. The van der Waals surface area contributed by atoms with Crippen LogP contribution in [0.1, 0.15) is 0 Å². The van der Waals surface area contributed by atoms with Crippen LogP contribution in [0, 0.1) is 20.2 Å². The third-order valence-electron chi connectivity index (χ3n) is 8.01. The van der Waals surface area contributed by atoms with E-state index in [1.165, 1.54) is 32.2 Å². The van der Waals surface area contributed by atoms with Gasteiger partial charge in [0.25, 0.3) is 11.4 Å². The standard InChI is InChI=1S/C34H26N10O9/c1-50-28-11-20(12-29(51-2)32(28)52-3)25-14-30(53-40-25)34-37-26-10-21(15-35-33(26)38-34)18-4-6-22(7-5-18)36-31(45)17-42-16-27(39-41-42)19-8-23(43(46)47)13-24(9-19)44(48)49/h4-16H,17H2,1-3H3,(H,36,45)(H,35,37,38). The van der Waals surface area contributed by atoms with Crippen LogP contribution in [-0.4, -0.2) is 72.2 Å². The van der Waals surface area contributed by atoms with Crippen LogP contribution in [0.3, 0.4) is 0 Å². The van der Waals surface area contributed by atoms with Crippen molar-refractivity contribution in [1.29, 1.82) is 0 Å². The minimum absolute atomic E-state index is 0.117. The molecule has 7 aromatic rings. The summed E-state index contributed by atoms with van der Waals surface area (Å²) in [6.45, 7) is -0.232. The zero-order valence-electron chi connectivity index (χ0n) is 28.0. The number of ether oxygens (including phenoxy) is 3. The lowest BCUT2D eigenvalue weighted by Gasteiger charge is -2.13. The van der Waals surface area contributed by atoms with E-state index >= 15 is 0 Å². The number of nitro groups is 2. The Labute approximate surface area is 297 Å². The highest BCUT2D eigenvalue weighted by Gasteiger charge is 2.20. The molecule has 266 valence electrons. The van der Waals surface area contributed by atoms with Crippen LogP contribution in [0.15, 0.2) is 83.6 Å². The van der Waals surface area contributed by atoms with Crippen molar-refractivity contribution >= 4 is 34.1 Å². The number of carbonyl (C=O) groups is 1. The Morgan fingerprint density at radius 1 is 0.849 bits per heavy atom. The van der Waals surface area contributed by atoms with Gasteiger partial charge < -0.3 is 29.0 Å². The van der Waals surface area contributed by atoms with Gasteiger partial charge in [-0.3, -0.25) is 25.0 Å². The SMILES string of the molecule is COc1cc(-c2cc(-c3nc4ncc(-c5ccc(NC(=O)Cn6cc(-c7cc([N+](=O)[O-])cc([N+](=O)[O-])c7)nn6)cc5)cc4[nH]3)on2)cc(OC)c1OC. The molecule has 0 unspecified atom stereocenters. The number of pyridine rings is 1. The van der Waals surface area contributed by atoms with Crippen LogP contribution in [0.25, 0.3) is 56.4 Å². The lowest BCUT2D eigenvalue weighted by atomic mass is 10.1. The predicted molar refractivity (Wildman–Crippen MR) is 187 cm³/mol. The molecule has 3 aromatic carbocycles. The zero-order valence-corrected chi connectivity index (χ0v) is 28.0. The maximum atomic E-state index is 12.8. The Bertz CT molecular complexity index is 2470. The molecule has 2 N–H and O–H groups in total. The first-order valence-electron chi connectivity index (χ1n) is 15.5. The van der Waals surface area contributed by atoms with Crippen molar-refractivity contribution in [2.45, 2.75) is 6.54 Å². The molecular formula is C34H26N10O9. The number of carbonyl (C=O) groups excluding carboxylic acids is 1. The summed E-state index contributed by atoms with van der Waals surface area (Å²) in [5.41, 5.74) is 3.78. The molecule has 53 heavy (non-hydrogen) atoms. The van der Waals surface area contributed by atoms with Crippen LogP contribution in [0.5, 0.6) is 17.2 Å². The van der Waals surface area contributed by atoms with Crippen molar-refractivity contribution in [3.63, 3.8) is 0 Å². The van der Waals surface area contributed by atoms with Gasteiger partial charge in [0, 0.05) is 46.8 Å². The van der Waals surface area contributed by atoms with E-state index in [9.17, 15) is 25.0 Å². The number of fused-ring (bicyclic) bond motifs is 1. The topological polar surface area (TPSA) is 241 Å². The third kappa shape index (κ3) is 6.88. The van der Waals surface area contributed by atoms with Gasteiger partial charge in [-0.1, -0.05) is 22.5 Å². The quantitative estimate of drug-likeness (QED) is 0.114. The molecule has 4 heterocycles. The third-order valence-corrected chi connectivity index (χ3v) is 8.01. The number of non-ortho nitro benzene ring substituents is 2. The lowest BCUT2D eigenvalue weighted by molar-refractivity contribution is -0.394. The van der Waals surface area contributed by atoms with E-state index in [1.807, 2.05) is 18.2 Å². The second kappa shape index (κ2) is 13.9. The largest absolute Gasteiger partial charge is 0.493 e. The van der Waals surface area contributed by atoms with E-state index in [0.29, 0.717) is 56.9 Å². The van der Waals surface area contributed by atoms with E-state index in [-0.39, 0.29) is 17.8 Å². The minimum atomic E-state index is -0.738. The zero-order chi connectivity index (χ0) is 37.2. The maximum Gasteiger partial charge on any atom is 0.276 e. The first kappa shape index (κ1) is 33.8. The number of hydrogen-bond acceptors (Lipinski definition) is 14. The second-order valence-corrected chi connectivity index (χ2v) is 11.4. The Balaban J connectivity index is 1.02. The normalized spacial score (nSPS) is 11.0. The number of hydrogen-bond donors (Lipinski definition) is 2. The number of benzene rings is 3. The van der Waals surface area contributed by atoms with Gasteiger partial charge >= 0.3 is 0 Å². The number of imidazole rings is 1.